The van der Waals surface area contributed by atoms with Crippen LogP contribution in [0.5, 0.6) is 5.75 Å². The summed E-state index contributed by atoms with van der Waals surface area (Å²) in [7, 11) is 2.09. The molecule has 0 bridgehead atoms. The van der Waals surface area contributed by atoms with Gasteiger partial charge in [0.15, 0.2) is 0 Å². The van der Waals surface area contributed by atoms with Crippen LogP contribution in [0.2, 0.25) is 0 Å². The summed E-state index contributed by atoms with van der Waals surface area (Å²) in [6.45, 7) is 5.45. The lowest BCUT2D eigenvalue weighted by Gasteiger charge is -2.33. The molecule has 0 amide bonds. The van der Waals surface area contributed by atoms with Gasteiger partial charge in [0.2, 0.25) is 0 Å². The molecule has 0 radical (unpaired) electrons. The molecule has 19 heavy (non-hydrogen) atoms. The normalized spacial score (nSPS) is 19.9. The van der Waals surface area contributed by atoms with Crippen molar-refractivity contribution in [3.8, 4) is 5.75 Å². The van der Waals surface area contributed by atoms with Gasteiger partial charge in [0, 0.05) is 12.0 Å². The molecular weight excluding hydrogens is 234 g/mol. The summed E-state index contributed by atoms with van der Waals surface area (Å²) in [6, 6.07) is 9.02. The molecule has 0 aromatic heterocycles. The second-order valence-electron chi connectivity index (χ2n) is 5.70. The summed E-state index contributed by atoms with van der Waals surface area (Å²) in [5.41, 5.74) is 1.36. The maximum Gasteiger partial charge on any atom is 0.122 e. The van der Waals surface area contributed by atoms with Crippen molar-refractivity contribution in [1.82, 2.24) is 5.32 Å². The highest BCUT2D eigenvalue weighted by atomic mass is 16.5. The second kappa shape index (κ2) is 6.95. The second-order valence-corrected chi connectivity index (χ2v) is 5.70. The highest BCUT2D eigenvalue weighted by Crippen LogP contribution is 2.30. The van der Waals surface area contributed by atoms with Gasteiger partial charge in [-0.25, -0.2) is 0 Å². The first-order chi connectivity index (χ1) is 9.28. The predicted molar refractivity (Wildman–Crippen MR) is 80.7 cm³/mol. The van der Waals surface area contributed by atoms with Gasteiger partial charge in [0.25, 0.3) is 0 Å². The molecule has 0 saturated carbocycles. The van der Waals surface area contributed by atoms with Crippen LogP contribution in [0, 0.1) is 11.8 Å². The molecule has 2 nitrogen and oxygen atoms in total. The van der Waals surface area contributed by atoms with Gasteiger partial charge in [-0.2, -0.15) is 0 Å². The van der Waals surface area contributed by atoms with E-state index in [0.717, 1.165) is 24.7 Å². The number of hydrogen-bond acceptors (Lipinski definition) is 2. The Kier molecular flexibility index (Phi) is 5.26. The first-order valence-electron chi connectivity index (χ1n) is 7.66. The van der Waals surface area contributed by atoms with Gasteiger partial charge in [0.05, 0.1) is 6.61 Å². The van der Waals surface area contributed by atoms with Gasteiger partial charge in [-0.15, -0.1) is 0 Å². The van der Waals surface area contributed by atoms with Crippen molar-refractivity contribution in [2.45, 2.75) is 45.6 Å². The summed E-state index contributed by atoms with van der Waals surface area (Å²) >= 11 is 0. The lowest BCUT2D eigenvalue weighted by atomic mass is 9.84. The highest BCUT2D eigenvalue weighted by Gasteiger charge is 2.27. The van der Waals surface area contributed by atoms with Gasteiger partial charge < -0.3 is 10.1 Å². The molecule has 2 heteroatoms. The number of benzene rings is 1. The Labute approximate surface area is 117 Å². The maximum absolute atomic E-state index is 5.93. The third kappa shape index (κ3) is 3.50. The molecule has 0 spiro atoms. The SMILES string of the molecule is CCC(CC)CC(NC)C1COc2ccccc2C1. The Hall–Kier alpha value is -1.02. The average Bonchev–Trinajstić information content (AvgIpc) is 2.48. The Morgan fingerprint density at radius 3 is 2.68 bits per heavy atom. The number of nitrogens with one attached hydrogen (secondary N) is 1. The monoisotopic (exact) mass is 261 g/mol. The average molecular weight is 261 g/mol. The van der Waals surface area contributed by atoms with Crippen molar-refractivity contribution in [1.29, 1.82) is 0 Å². The van der Waals surface area contributed by atoms with Crippen LogP contribution in [0.25, 0.3) is 0 Å². The largest absolute Gasteiger partial charge is 0.493 e. The zero-order valence-corrected chi connectivity index (χ0v) is 12.5. The fourth-order valence-electron chi connectivity index (χ4n) is 3.14. The van der Waals surface area contributed by atoms with Crippen LogP contribution in [0.15, 0.2) is 24.3 Å². The van der Waals surface area contributed by atoms with E-state index in [1.54, 1.807) is 0 Å². The van der Waals surface area contributed by atoms with Crippen molar-refractivity contribution in [2.24, 2.45) is 11.8 Å². The summed E-state index contributed by atoms with van der Waals surface area (Å²) in [5.74, 6) is 2.51. The van der Waals surface area contributed by atoms with Crippen LogP contribution in [0.1, 0.15) is 38.7 Å². The van der Waals surface area contributed by atoms with Crippen LogP contribution >= 0.6 is 0 Å². The van der Waals surface area contributed by atoms with Crippen LogP contribution in [-0.2, 0) is 6.42 Å². The summed E-state index contributed by atoms with van der Waals surface area (Å²) < 4.78 is 5.93. The Morgan fingerprint density at radius 1 is 1.26 bits per heavy atom. The third-order valence-electron chi connectivity index (χ3n) is 4.59. The van der Waals surface area contributed by atoms with E-state index in [-0.39, 0.29) is 0 Å². The maximum atomic E-state index is 5.93. The molecule has 1 aromatic rings. The minimum Gasteiger partial charge on any atom is -0.493 e. The van der Waals surface area contributed by atoms with Gasteiger partial charge in [0.1, 0.15) is 5.75 Å². The molecule has 1 aliphatic heterocycles. The molecule has 1 N–H and O–H groups in total. The number of fused-ring (bicyclic) bond motifs is 1. The quantitative estimate of drug-likeness (QED) is 0.844. The number of rotatable bonds is 6. The molecule has 1 aliphatic rings. The minimum absolute atomic E-state index is 0.568. The summed E-state index contributed by atoms with van der Waals surface area (Å²) in [6.07, 6.45) is 4.96. The first-order valence-corrected chi connectivity index (χ1v) is 7.66. The van der Waals surface area contributed by atoms with E-state index < -0.39 is 0 Å². The van der Waals surface area contributed by atoms with Gasteiger partial charge in [-0.1, -0.05) is 44.9 Å². The standard InChI is InChI=1S/C17H27NO/c1-4-13(5-2)10-16(18-3)15-11-14-8-6-7-9-17(14)19-12-15/h6-9,13,15-16,18H,4-5,10-12H2,1-3H3. The van der Waals surface area contributed by atoms with Gasteiger partial charge in [-0.05, 0) is 37.4 Å². The van der Waals surface area contributed by atoms with E-state index in [1.807, 2.05) is 0 Å². The van der Waals surface area contributed by atoms with E-state index in [1.165, 1.54) is 24.8 Å². The molecule has 0 aliphatic carbocycles. The topological polar surface area (TPSA) is 21.3 Å². The summed E-state index contributed by atoms with van der Waals surface area (Å²) in [4.78, 5) is 0. The highest BCUT2D eigenvalue weighted by molar-refractivity contribution is 5.35. The fraction of sp³-hybridized carbons (Fsp3) is 0.647. The molecule has 106 valence electrons. The van der Waals surface area contributed by atoms with Gasteiger partial charge in [-0.3, -0.25) is 0 Å². The molecule has 0 fully saturated rings. The zero-order valence-electron chi connectivity index (χ0n) is 12.5. The van der Waals surface area contributed by atoms with Crippen molar-refractivity contribution in [2.75, 3.05) is 13.7 Å². The molecule has 2 atom stereocenters. The molecule has 1 aromatic carbocycles. The zero-order chi connectivity index (χ0) is 13.7. The smallest absolute Gasteiger partial charge is 0.122 e. The molecular formula is C17H27NO. The van der Waals surface area contributed by atoms with Crippen molar-refractivity contribution >= 4 is 0 Å². The lowest BCUT2D eigenvalue weighted by Crippen LogP contribution is -2.41. The molecule has 2 rings (SSSR count). The van der Waals surface area contributed by atoms with E-state index in [2.05, 4.69) is 50.5 Å². The van der Waals surface area contributed by atoms with Crippen LogP contribution in [-0.4, -0.2) is 19.7 Å². The number of para-hydroxylation sites is 1. The Balaban J connectivity index is 2.01. The van der Waals surface area contributed by atoms with Crippen molar-refractivity contribution in [3.63, 3.8) is 0 Å². The molecule has 1 heterocycles. The third-order valence-corrected chi connectivity index (χ3v) is 4.59. The van der Waals surface area contributed by atoms with Crippen LogP contribution in [0.3, 0.4) is 0 Å². The van der Waals surface area contributed by atoms with Gasteiger partial charge >= 0.3 is 0 Å². The van der Waals surface area contributed by atoms with E-state index in [0.29, 0.717) is 12.0 Å². The predicted octanol–water partition coefficient (Wildman–Crippen LogP) is 3.65. The van der Waals surface area contributed by atoms with Crippen molar-refractivity contribution in [3.05, 3.63) is 29.8 Å². The fourth-order valence-corrected chi connectivity index (χ4v) is 3.14. The van der Waals surface area contributed by atoms with E-state index in [9.17, 15) is 0 Å². The lowest BCUT2D eigenvalue weighted by molar-refractivity contribution is 0.171. The minimum atomic E-state index is 0.568. The number of hydrogen-bond donors (Lipinski definition) is 1. The number of ether oxygens (including phenoxy) is 1. The van der Waals surface area contributed by atoms with Crippen LogP contribution < -0.4 is 10.1 Å². The van der Waals surface area contributed by atoms with Crippen molar-refractivity contribution < 1.29 is 4.74 Å². The summed E-state index contributed by atoms with van der Waals surface area (Å²) in [5, 5.41) is 3.52. The van der Waals surface area contributed by atoms with E-state index in [4.69, 9.17) is 4.74 Å². The Morgan fingerprint density at radius 2 is 2.00 bits per heavy atom. The Bertz CT molecular complexity index is 387. The molecule has 2 unspecified atom stereocenters. The van der Waals surface area contributed by atoms with Crippen LogP contribution in [0.4, 0.5) is 0 Å². The van der Waals surface area contributed by atoms with E-state index >= 15 is 0 Å². The molecule has 0 saturated heterocycles. The first kappa shape index (κ1) is 14.4.